The molecular formula is C12H16ClN3O3. The third-order valence-corrected chi connectivity index (χ3v) is 3.47. The molecule has 0 aromatic carbocycles. The molecule has 1 rings (SSSR count). The monoisotopic (exact) mass is 285 g/mol. The maximum Gasteiger partial charge on any atom is 0.300 e. The molecule has 1 aromatic heterocycles. The minimum Gasteiger partial charge on any atom is -0.347 e. The summed E-state index contributed by atoms with van der Waals surface area (Å²) in [4.78, 5) is 26.0. The smallest absolute Gasteiger partial charge is 0.300 e. The number of pyridine rings is 1. The van der Waals surface area contributed by atoms with Crippen LogP contribution in [0.5, 0.6) is 0 Å². The summed E-state index contributed by atoms with van der Waals surface area (Å²) in [5, 5.41) is 13.7. The number of hydrogen-bond acceptors (Lipinski definition) is 4. The van der Waals surface area contributed by atoms with E-state index in [4.69, 9.17) is 11.6 Å². The van der Waals surface area contributed by atoms with Crippen molar-refractivity contribution in [2.45, 2.75) is 39.2 Å². The van der Waals surface area contributed by atoms with Crippen LogP contribution in [-0.2, 0) is 0 Å². The highest BCUT2D eigenvalue weighted by Crippen LogP contribution is 2.22. The van der Waals surface area contributed by atoms with Crippen LogP contribution in [-0.4, -0.2) is 21.4 Å². The molecule has 7 heteroatoms. The fourth-order valence-corrected chi connectivity index (χ4v) is 1.68. The number of carbonyl (C=O) groups excluding carboxylic acids is 1. The fraction of sp³-hybridized carbons (Fsp3) is 0.500. The SMILES string of the molecule is CCC(C)(CC)NC(=O)c1cc(Cl)ncc1[N+](=O)[O-]. The Morgan fingerprint density at radius 3 is 2.58 bits per heavy atom. The summed E-state index contributed by atoms with van der Waals surface area (Å²) in [6.45, 7) is 5.77. The Hall–Kier alpha value is -1.69. The number of aromatic nitrogens is 1. The standard InChI is InChI=1S/C12H16ClN3O3/c1-4-12(3,5-2)15-11(17)8-6-10(13)14-7-9(8)16(18)19/h6-7H,4-5H2,1-3H3,(H,15,17). The van der Waals surface area contributed by atoms with E-state index >= 15 is 0 Å². The van der Waals surface area contributed by atoms with Crippen LogP contribution in [0.1, 0.15) is 44.0 Å². The van der Waals surface area contributed by atoms with Gasteiger partial charge >= 0.3 is 0 Å². The highest BCUT2D eigenvalue weighted by atomic mass is 35.5. The zero-order valence-corrected chi connectivity index (χ0v) is 11.8. The second kappa shape index (κ2) is 5.97. The van der Waals surface area contributed by atoms with E-state index in [1.807, 2.05) is 20.8 Å². The molecule has 104 valence electrons. The highest BCUT2D eigenvalue weighted by molar-refractivity contribution is 6.29. The van der Waals surface area contributed by atoms with Crippen molar-refractivity contribution in [3.8, 4) is 0 Å². The van der Waals surface area contributed by atoms with E-state index < -0.39 is 16.4 Å². The topological polar surface area (TPSA) is 85.1 Å². The predicted molar refractivity (Wildman–Crippen MR) is 72.4 cm³/mol. The van der Waals surface area contributed by atoms with Gasteiger partial charge in [-0.1, -0.05) is 25.4 Å². The molecule has 1 N–H and O–H groups in total. The van der Waals surface area contributed by atoms with Gasteiger partial charge in [-0.05, 0) is 25.8 Å². The van der Waals surface area contributed by atoms with Gasteiger partial charge in [-0.2, -0.15) is 0 Å². The van der Waals surface area contributed by atoms with E-state index in [0.717, 1.165) is 19.0 Å². The molecule has 6 nitrogen and oxygen atoms in total. The first-order valence-electron chi connectivity index (χ1n) is 5.95. The van der Waals surface area contributed by atoms with Crippen molar-refractivity contribution < 1.29 is 9.72 Å². The summed E-state index contributed by atoms with van der Waals surface area (Å²) in [6.07, 6.45) is 2.44. The molecule has 19 heavy (non-hydrogen) atoms. The Balaban J connectivity index is 3.12. The lowest BCUT2D eigenvalue weighted by atomic mass is 9.95. The number of amides is 1. The second-order valence-electron chi connectivity index (χ2n) is 4.50. The van der Waals surface area contributed by atoms with E-state index in [2.05, 4.69) is 10.3 Å². The Labute approximate surface area is 116 Å². The first-order chi connectivity index (χ1) is 8.83. The van der Waals surface area contributed by atoms with E-state index in [0.29, 0.717) is 0 Å². The van der Waals surface area contributed by atoms with Gasteiger partial charge in [0.25, 0.3) is 11.6 Å². The van der Waals surface area contributed by atoms with Crippen molar-refractivity contribution in [2.75, 3.05) is 0 Å². The van der Waals surface area contributed by atoms with E-state index in [-0.39, 0.29) is 16.4 Å². The largest absolute Gasteiger partial charge is 0.347 e. The van der Waals surface area contributed by atoms with Crippen molar-refractivity contribution >= 4 is 23.2 Å². The third-order valence-electron chi connectivity index (χ3n) is 3.27. The second-order valence-corrected chi connectivity index (χ2v) is 4.89. The van der Waals surface area contributed by atoms with Gasteiger partial charge in [-0.15, -0.1) is 0 Å². The Morgan fingerprint density at radius 2 is 2.11 bits per heavy atom. The normalized spacial score (nSPS) is 11.2. The first-order valence-corrected chi connectivity index (χ1v) is 6.33. The van der Waals surface area contributed by atoms with Gasteiger partial charge in [0.05, 0.1) is 4.92 Å². The van der Waals surface area contributed by atoms with Crippen molar-refractivity contribution in [1.29, 1.82) is 0 Å². The molecule has 1 amide bonds. The predicted octanol–water partition coefficient (Wildman–Crippen LogP) is 2.95. The molecule has 0 bridgehead atoms. The van der Waals surface area contributed by atoms with Crippen LogP contribution in [0.25, 0.3) is 0 Å². The minimum absolute atomic E-state index is 0.0467. The van der Waals surface area contributed by atoms with Crippen LogP contribution in [0.15, 0.2) is 12.3 Å². The lowest BCUT2D eigenvalue weighted by Gasteiger charge is -2.28. The van der Waals surface area contributed by atoms with E-state index in [9.17, 15) is 14.9 Å². The number of hydrogen-bond donors (Lipinski definition) is 1. The first kappa shape index (κ1) is 15.4. The molecular weight excluding hydrogens is 270 g/mol. The summed E-state index contributed by atoms with van der Waals surface area (Å²) in [6, 6.07) is 1.21. The minimum atomic E-state index is -0.645. The molecule has 0 radical (unpaired) electrons. The van der Waals surface area contributed by atoms with Gasteiger partial charge in [0.2, 0.25) is 0 Å². The average Bonchev–Trinajstić information content (AvgIpc) is 2.38. The quantitative estimate of drug-likeness (QED) is 0.512. The van der Waals surface area contributed by atoms with E-state index in [1.54, 1.807) is 0 Å². The summed E-state index contributed by atoms with van der Waals surface area (Å²) in [5.41, 5.74) is -0.824. The molecule has 0 saturated carbocycles. The van der Waals surface area contributed by atoms with Gasteiger partial charge in [-0.3, -0.25) is 14.9 Å². The Morgan fingerprint density at radius 1 is 1.53 bits per heavy atom. The highest BCUT2D eigenvalue weighted by Gasteiger charge is 2.27. The summed E-state index contributed by atoms with van der Waals surface area (Å²) in [7, 11) is 0. The lowest BCUT2D eigenvalue weighted by molar-refractivity contribution is -0.385. The third kappa shape index (κ3) is 3.64. The number of nitro groups is 1. The maximum atomic E-state index is 12.2. The number of halogens is 1. The lowest BCUT2D eigenvalue weighted by Crippen LogP contribution is -2.45. The zero-order chi connectivity index (χ0) is 14.6. The summed E-state index contributed by atoms with van der Waals surface area (Å²) < 4.78 is 0. The van der Waals surface area contributed by atoms with Gasteiger partial charge in [0.15, 0.2) is 0 Å². The number of rotatable bonds is 5. The summed E-state index contributed by atoms with van der Waals surface area (Å²) in [5.74, 6) is -0.512. The molecule has 1 heterocycles. The molecule has 0 atom stereocenters. The van der Waals surface area contributed by atoms with Crippen molar-refractivity contribution in [3.05, 3.63) is 33.1 Å². The van der Waals surface area contributed by atoms with Gasteiger partial charge in [0.1, 0.15) is 16.9 Å². The van der Waals surface area contributed by atoms with Crippen molar-refractivity contribution in [1.82, 2.24) is 10.3 Å². The molecule has 0 aliphatic rings. The maximum absolute atomic E-state index is 12.2. The van der Waals surface area contributed by atoms with Crippen LogP contribution >= 0.6 is 11.6 Å². The van der Waals surface area contributed by atoms with Crippen molar-refractivity contribution in [3.63, 3.8) is 0 Å². The van der Waals surface area contributed by atoms with Crippen molar-refractivity contribution in [2.24, 2.45) is 0 Å². The summed E-state index contributed by atoms with van der Waals surface area (Å²) >= 11 is 5.69. The molecule has 0 spiro atoms. The van der Waals surface area contributed by atoms with Crippen LogP contribution in [0.2, 0.25) is 5.15 Å². The molecule has 0 unspecified atom stereocenters. The fourth-order valence-electron chi connectivity index (χ4n) is 1.52. The van der Waals surface area contributed by atoms with Crippen LogP contribution in [0.4, 0.5) is 5.69 Å². The van der Waals surface area contributed by atoms with E-state index in [1.165, 1.54) is 6.07 Å². The Bertz CT molecular complexity index is 501. The average molecular weight is 286 g/mol. The number of nitrogens with zero attached hydrogens (tertiary/aromatic N) is 2. The molecule has 0 fully saturated rings. The molecule has 1 aromatic rings. The van der Waals surface area contributed by atoms with Crippen LogP contribution in [0, 0.1) is 10.1 Å². The van der Waals surface area contributed by atoms with Gasteiger partial charge in [-0.25, -0.2) is 4.98 Å². The van der Waals surface area contributed by atoms with Crippen LogP contribution in [0.3, 0.4) is 0 Å². The number of carbonyl (C=O) groups is 1. The van der Waals surface area contributed by atoms with Gasteiger partial charge < -0.3 is 5.32 Å². The molecule has 0 aliphatic carbocycles. The van der Waals surface area contributed by atoms with Crippen LogP contribution < -0.4 is 5.32 Å². The number of nitrogens with one attached hydrogen (secondary N) is 1. The van der Waals surface area contributed by atoms with Gasteiger partial charge in [0, 0.05) is 5.54 Å². The Kier molecular flexibility index (Phi) is 4.83. The molecule has 0 aliphatic heterocycles. The molecule has 0 saturated heterocycles. The zero-order valence-electron chi connectivity index (χ0n) is 11.1.